The van der Waals surface area contributed by atoms with E-state index in [0.717, 1.165) is 51.5 Å². The normalized spacial score (nSPS) is 17.2. The number of aliphatic hydroxyl groups excluding tert-OH is 1. The molecule has 1 aliphatic rings. The molecule has 1 heterocycles. The molecule has 0 aliphatic carbocycles. The van der Waals surface area contributed by atoms with E-state index in [4.69, 9.17) is 14.6 Å². The minimum atomic E-state index is -0.0509. The first-order valence-corrected chi connectivity index (χ1v) is 9.76. The fourth-order valence-electron chi connectivity index (χ4n) is 1.90. The Bertz CT molecular complexity index is 225. The third kappa shape index (κ3) is 21.8. The number of aliphatic hydroxyl groups is 1. The topological polar surface area (TPSA) is 41.9 Å². The van der Waals surface area contributed by atoms with Crippen LogP contribution in [0.25, 0.3) is 0 Å². The molecular weight excluding hydrogens is 302 g/mol. The summed E-state index contributed by atoms with van der Waals surface area (Å²) in [5.41, 5.74) is -0.0368. The van der Waals surface area contributed by atoms with Crippen molar-refractivity contribution < 1.29 is 14.6 Å². The highest BCUT2D eigenvalue weighted by Crippen LogP contribution is 2.15. The maximum Gasteiger partial charge on any atom is 0.0679 e. The molecule has 0 saturated carbocycles. The van der Waals surface area contributed by atoms with Crippen LogP contribution in [-0.4, -0.2) is 62.2 Å². The fourth-order valence-corrected chi connectivity index (χ4v) is 1.90. The smallest absolute Gasteiger partial charge is 0.0679 e. The van der Waals surface area contributed by atoms with E-state index in [1.807, 2.05) is 34.7 Å². The summed E-state index contributed by atoms with van der Waals surface area (Å²) in [5.74, 6) is 0.721. The number of likely N-dealkylation sites (N-methyl/N-ethyl adjacent to an activating group) is 1. The Kier molecular flexibility index (Phi) is 22.9. The summed E-state index contributed by atoms with van der Waals surface area (Å²) in [6.07, 6.45) is 3.00. The lowest BCUT2D eigenvalue weighted by Crippen LogP contribution is -2.27. The molecule has 1 unspecified atom stereocenters. The van der Waals surface area contributed by atoms with Crippen molar-refractivity contribution in [2.75, 3.05) is 40.5 Å². The highest BCUT2D eigenvalue weighted by atomic mass is 16.5. The van der Waals surface area contributed by atoms with Crippen molar-refractivity contribution in [3.8, 4) is 0 Å². The van der Waals surface area contributed by atoms with Crippen molar-refractivity contribution in [1.82, 2.24) is 4.90 Å². The van der Waals surface area contributed by atoms with Crippen molar-refractivity contribution in [3.63, 3.8) is 0 Å². The summed E-state index contributed by atoms with van der Waals surface area (Å²) in [6, 6.07) is 0. The molecule has 1 saturated heterocycles. The Morgan fingerprint density at radius 2 is 1.67 bits per heavy atom. The molecule has 1 N–H and O–H groups in total. The summed E-state index contributed by atoms with van der Waals surface area (Å²) < 4.78 is 10.8. The van der Waals surface area contributed by atoms with Gasteiger partial charge in [0, 0.05) is 33.4 Å². The number of likely N-dealkylation sites (tertiary alicyclic amines) is 1. The van der Waals surface area contributed by atoms with Crippen LogP contribution in [0, 0.1) is 5.92 Å². The van der Waals surface area contributed by atoms with Crippen molar-refractivity contribution in [1.29, 1.82) is 0 Å². The zero-order valence-corrected chi connectivity index (χ0v) is 18.3. The van der Waals surface area contributed by atoms with Gasteiger partial charge < -0.3 is 19.5 Å². The average Bonchev–Trinajstić information content (AvgIpc) is 2.92. The van der Waals surface area contributed by atoms with Crippen LogP contribution in [0.4, 0.5) is 0 Å². The third-order valence-electron chi connectivity index (χ3n) is 3.46. The van der Waals surface area contributed by atoms with Crippen LogP contribution in [0.5, 0.6) is 0 Å². The van der Waals surface area contributed by atoms with Crippen LogP contribution in [0.1, 0.15) is 74.7 Å². The Hall–Kier alpha value is -0.160. The molecule has 0 amide bonds. The molecule has 150 valence electrons. The second-order valence-electron chi connectivity index (χ2n) is 6.74. The van der Waals surface area contributed by atoms with Crippen LogP contribution in [-0.2, 0) is 9.47 Å². The number of rotatable bonds is 7. The molecule has 0 spiro atoms. The first-order chi connectivity index (χ1) is 11.3. The van der Waals surface area contributed by atoms with Crippen LogP contribution in [0.15, 0.2) is 0 Å². The summed E-state index contributed by atoms with van der Waals surface area (Å²) in [4.78, 5) is 2.13. The summed E-state index contributed by atoms with van der Waals surface area (Å²) in [7, 11) is 3.75. The largest absolute Gasteiger partial charge is 0.392 e. The molecule has 0 aromatic rings. The molecule has 24 heavy (non-hydrogen) atoms. The van der Waals surface area contributed by atoms with Crippen LogP contribution in [0.3, 0.4) is 0 Å². The number of hydrogen-bond donors (Lipinski definition) is 1. The van der Waals surface area contributed by atoms with E-state index < -0.39 is 0 Å². The van der Waals surface area contributed by atoms with Gasteiger partial charge in [0.1, 0.15) is 0 Å². The highest BCUT2D eigenvalue weighted by Gasteiger charge is 2.17. The van der Waals surface area contributed by atoms with Gasteiger partial charge in [-0.3, -0.25) is 0 Å². The second kappa shape index (κ2) is 19.2. The standard InChI is InChI=1S/C11H24O2.C5H11NO.2C2H6/c1-10(2)6-8-13-11(3,4)7-9-12-5;1-6-3-2-5(7)4-6;2*1-2/h10H,6-9H2,1-5H3;5,7H,2-4H2,1H3;2*1-2H3. The predicted octanol–water partition coefficient (Wildman–Crippen LogP) is 4.60. The summed E-state index contributed by atoms with van der Waals surface area (Å²) >= 11 is 0. The second-order valence-corrected chi connectivity index (χ2v) is 6.74. The summed E-state index contributed by atoms with van der Waals surface area (Å²) in [5, 5.41) is 8.86. The van der Waals surface area contributed by atoms with E-state index in [0.29, 0.717) is 0 Å². The maximum absolute atomic E-state index is 8.86. The minimum Gasteiger partial charge on any atom is -0.392 e. The molecule has 4 heteroatoms. The molecule has 1 fully saturated rings. The Morgan fingerprint density at radius 3 is 1.96 bits per heavy atom. The van der Waals surface area contributed by atoms with Gasteiger partial charge in [0.15, 0.2) is 0 Å². The number of ether oxygens (including phenoxy) is 2. The summed E-state index contributed by atoms with van der Waals surface area (Å²) in [6.45, 7) is 20.2. The zero-order valence-electron chi connectivity index (χ0n) is 18.3. The maximum atomic E-state index is 8.86. The molecule has 1 rings (SSSR count). The van der Waals surface area contributed by atoms with Gasteiger partial charge in [0.2, 0.25) is 0 Å². The van der Waals surface area contributed by atoms with Crippen LogP contribution in [0.2, 0.25) is 0 Å². The SMILES string of the molecule is CC.CC.CN1CCC(O)C1.COCCC(C)(C)OCCC(C)C. The van der Waals surface area contributed by atoms with E-state index >= 15 is 0 Å². The van der Waals surface area contributed by atoms with E-state index in [1.54, 1.807) is 7.11 Å². The number of β-amino-alcohol motifs (C(OH)–C–C–N with tert-alkyl or cyclic N) is 1. The Morgan fingerprint density at radius 1 is 1.12 bits per heavy atom. The van der Waals surface area contributed by atoms with Gasteiger partial charge in [-0.25, -0.2) is 0 Å². The minimum absolute atomic E-state index is 0.0368. The predicted molar refractivity (Wildman–Crippen MR) is 107 cm³/mol. The van der Waals surface area contributed by atoms with Crippen LogP contribution >= 0.6 is 0 Å². The number of nitrogens with zero attached hydrogens (tertiary/aromatic N) is 1. The first-order valence-electron chi connectivity index (χ1n) is 9.76. The van der Waals surface area contributed by atoms with Gasteiger partial charge in [0.25, 0.3) is 0 Å². The quantitative estimate of drug-likeness (QED) is 0.729. The molecule has 0 aromatic carbocycles. The molecule has 0 bridgehead atoms. The van der Waals surface area contributed by atoms with E-state index in [2.05, 4.69) is 32.6 Å². The van der Waals surface area contributed by atoms with Gasteiger partial charge in [-0.15, -0.1) is 0 Å². The van der Waals surface area contributed by atoms with E-state index in [-0.39, 0.29) is 11.7 Å². The van der Waals surface area contributed by atoms with Gasteiger partial charge in [-0.1, -0.05) is 41.5 Å². The van der Waals surface area contributed by atoms with Crippen LogP contribution < -0.4 is 0 Å². The van der Waals surface area contributed by atoms with Gasteiger partial charge in [-0.2, -0.15) is 0 Å². The molecule has 4 nitrogen and oxygen atoms in total. The highest BCUT2D eigenvalue weighted by molar-refractivity contribution is 4.70. The number of methoxy groups -OCH3 is 1. The van der Waals surface area contributed by atoms with E-state index in [9.17, 15) is 0 Å². The van der Waals surface area contributed by atoms with Gasteiger partial charge in [0.05, 0.1) is 11.7 Å². The van der Waals surface area contributed by atoms with E-state index in [1.165, 1.54) is 0 Å². The molecule has 0 radical (unpaired) electrons. The molecular formula is C20H47NO3. The Balaban J connectivity index is -0.000000335. The molecule has 1 atom stereocenters. The van der Waals surface area contributed by atoms with Gasteiger partial charge in [-0.05, 0) is 46.1 Å². The molecule has 0 aromatic heterocycles. The lowest BCUT2D eigenvalue weighted by Gasteiger charge is -2.25. The lowest BCUT2D eigenvalue weighted by molar-refractivity contribution is -0.0401. The lowest BCUT2D eigenvalue weighted by atomic mass is 10.1. The van der Waals surface area contributed by atoms with Gasteiger partial charge >= 0.3 is 0 Å². The molecule has 1 aliphatic heterocycles. The first kappa shape index (κ1) is 28.6. The Labute approximate surface area is 152 Å². The third-order valence-corrected chi connectivity index (χ3v) is 3.46. The fraction of sp³-hybridized carbons (Fsp3) is 1.00. The average molecular weight is 350 g/mol. The van der Waals surface area contributed by atoms with Crippen molar-refractivity contribution in [3.05, 3.63) is 0 Å². The van der Waals surface area contributed by atoms with Crippen molar-refractivity contribution in [2.24, 2.45) is 5.92 Å². The monoisotopic (exact) mass is 349 g/mol. The van der Waals surface area contributed by atoms with Crippen molar-refractivity contribution >= 4 is 0 Å². The zero-order chi connectivity index (χ0) is 19.6. The van der Waals surface area contributed by atoms with Crippen molar-refractivity contribution in [2.45, 2.75) is 86.4 Å². The number of hydrogen-bond acceptors (Lipinski definition) is 4.